The topological polar surface area (TPSA) is 90.8 Å². The first-order valence-electron chi connectivity index (χ1n) is 10.2. The summed E-state index contributed by atoms with van der Waals surface area (Å²) in [6, 6.07) is 1.79. The molecule has 10 heteroatoms. The van der Waals surface area contributed by atoms with E-state index >= 15 is 0 Å². The summed E-state index contributed by atoms with van der Waals surface area (Å²) in [4.78, 5) is 41.0. The molecular weight excluding hydrogens is 402 g/mol. The van der Waals surface area contributed by atoms with Gasteiger partial charge in [-0.15, -0.1) is 0 Å². The van der Waals surface area contributed by atoms with Crippen LogP contribution < -0.4 is 16.1 Å². The van der Waals surface area contributed by atoms with Crippen molar-refractivity contribution in [3.05, 3.63) is 39.3 Å². The fourth-order valence-electron chi connectivity index (χ4n) is 4.30. The Morgan fingerprint density at radius 1 is 1.07 bits per heavy atom. The zero-order valence-electron chi connectivity index (χ0n) is 17.8. The predicted octanol–water partition coefficient (Wildman–Crippen LogP) is 1.50. The maximum atomic E-state index is 13.0. The van der Waals surface area contributed by atoms with Crippen molar-refractivity contribution in [2.75, 3.05) is 23.7 Å². The molecule has 0 aromatic carbocycles. The van der Waals surface area contributed by atoms with Crippen LogP contribution in [0.5, 0.6) is 0 Å². The number of rotatable bonds is 5. The van der Waals surface area contributed by atoms with E-state index in [9.17, 15) is 9.59 Å². The van der Waals surface area contributed by atoms with Crippen LogP contribution in [0.15, 0.2) is 33.2 Å². The molecule has 1 fully saturated rings. The van der Waals surface area contributed by atoms with Gasteiger partial charge in [0.1, 0.15) is 0 Å². The van der Waals surface area contributed by atoms with Gasteiger partial charge in [-0.2, -0.15) is 4.98 Å². The first kappa shape index (κ1) is 20.6. The third kappa shape index (κ3) is 3.76. The van der Waals surface area contributed by atoms with Gasteiger partial charge in [0.2, 0.25) is 5.95 Å². The molecule has 1 aliphatic heterocycles. The number of fused-ring (bicyclic) bond motifs is 1. The lowest BCUT2D eigenvalue weighted by molar-refractivity contribution is 0.352. The number of piperidine rings is 1. The highest BCUT2D eigenvalue weighted by Crippen LogP contribution is 2.28. The van der Waals surface area contributed by atoms with E-state index in [1.807, 2.05) is 4.57 Å². The highest BCUT2D eigenvalue weighted by atomic mass is 32.2. The first-order valence-corrected chi connectivity index (χ1v) is 11.2. The van der Waals surface area contributed by atoms with E-state index in [4.69, 9.17) is 4.98 Å². The quantitative estimate of drug-likeness (QED) is 0.448. The summed E-state index contributed by atoms with van der Waals surface area (Å²) in [5.74, 6) is 2.53. The Morgan fingerprint density at radius 2 is 1.73 bits per heavy atom. The lowest BCUT2D eigenvalue weighted by atomic mass is 9.92. The highest BCUT2D eigenvalue weighted by molar-refractivity contribution is 7.99. The summed E-state index contributed by atoms with van der Waals surface area (Å²) in [7, 11) is 3.18. The van der Waals surface area contributed by atoms with Crippen LogP contribution in [-0.4, -0.2) is 47.5 Å². The van der Waals surface area contributed by atoms with Crippen LogP contribution in [0.1, 0.15) is 20.3 Å². The molecule has 0 aliphatic carbocycles. The summed E-state index contributed by atoms with van der Waals surface area (Å²) in [6.07, 6.45) is 4.61. The number of hydrogen-bond acceptors (Lipinski definition) is 7. The van der Waals surface area contributed by atoms with Gasteiger partial charge in [-0.3, -0.25) is 13.9 Å². The van der Waals surface area contributed by atoms with E-state index in [0.29, 0.717) is 40.5 Å². The van der Waals surface area contributed by atoms with Gasteiger partial charge in [0, 0.05) is 51.9 Å². The highest BCUT2D eigenvalue weighted by Gasteiger charge is 2.28. The van der Waals surface area contributed by atoms with Crippen molar-refractivity contribution in [2.24, 2.45) is 25.9 Å². The molecule has 2 atom stereocenters. The number of imidazole rings is 1. The van der Waals surface area contributed by atoms with Crippen LogP contribution in [0, 0.1) is 11.8 Å². The molecule has 0 radical (unpaired) electrons. The second kappa shape index (κ2) is 8.25. The monoisotopic (exact) mass is 429 g/mol. The molecule has 0 spiro atoms. The van der Waals surface area contributed by atoms with Crippen LogP contribution in [0.3, 0.4) is 0 Å². The van der Waals surface area contributed by atoms with Crippen molar-refractivity contribution in [1.29, 1.82) is 0 Å². The molecule has 0 N–H and O–H groups in total. The van der Waals surface area contributed by atoms with Gasteiger partial charge in [-0.1, -0.05) is 25.6 Å². The van der Waals surface area contributed by atoms with Gasteiger partial charge in [-0.25, -0.2) is 14.8 Å². The lowest BCUT2D eigenvalue weighted by Crippen LogP contribution is -2.40. The Balaban J connectivity index is 1.78. The minimum atomic E-state index is -0.365. The van der Waals surface area contributed by atoms with Crippen molar-refractivity contribution >= 4 is 28.9 Å². The Bertz CT molecular complexity index is 1160. The minimum Gasteiger partial charge on any atom is -0.342 e. The van der Waals surface area contributed by atoms with Gasteiger partial charge < -0.3 is 9.47 Å². The average Bonchev–Trinajstić information content (AvgIpc) is 3.10. The zero-order valence-corrected chi connectivity index (χ0v) is 18.6. The number of nitrogens with zero attached hydrogens (tertiary/aromatic N) is 7. The van der Waals surface area contributed by atoms with Gasteiger partial charge in [-0.05, 0) is 24.3 Å². The summed E-state index contributed by atoms with van der Waals surface area (Å²) >= 11 is 1.53. The summed E-state index contributed by atoms with van der Waals surface area (Å²) < 4.78 is 4.58. The molecule has 0 amide bonds. The number of anilines is 1. The van der Waals surface area contributed by atoms with Gasteiger partial charge in [0.15, 0.2) is 16.3 Å². The molecule has 0 bridgehead atoms. The molecule has 3 aromatic heterocycles. The molecule has 0 saturated carbocycles. The Labute approximate surface area is 178 Å². The molecule has 160 valence electrons. The Kier molecular flexibility index (Phi) is 5.68. The maximum Gasteiger partial charge on any atom is 0.332 e. The molecule has 4 rings (SSSR count). The second-order valence-electron chi connectivity index (χ2n) is 8.17. The molecule has 3 aromatic rings. The van der Waals surface area contributed by atoms with E-state index in [1.54, 1.807) is 25.5 Å². The minimum absolute atomic E-state index is 0.314. The van der Waals surface area contributed by atoms with Crippen molar-refractivity contribution in [2.45, 2.75) is 32.0 Å². The van der Waals surface area contributed by atoms with Crippen molar-refractivity contribution < 1.29 is 0 Å². The lowest BCUT2D eigenvalue weighted by Gasteiger charge is -2.35. The number of aromatic nitrogens is 6. The largest absolute Gasteiger partial charge is 0.342 e. The molecule has 9 nitrogen and oxygen atoms in total. The molecule has 4 heterocycles. The Morgan fingerprint density at radius 3 is 2.40 bits per heavy atom. The zero-order chi connectivity index (χ0) is 21.4. The van der Waals surface area contributed by atoms with Crippen molar-refractivity contribution in [3.8, 4) is 0 Å². The average molecular weight is 430 g/mol. The fraction of sp³-hybridized carbons (Fsp3) is 0.550. The van der Waals surface area contributed by atoms with Gasteiger partial charge >= 0.3 is 5.69 Å². The van der Waals surface area contributed by atoms with Crippen LogP contribution in [0.2, 0.25) is 0 Å². The predicted molar refractivity (Wildman–Crippen MR) is 118 cm³/mol. The normalized spacial score (nSPS) is 19.5. The van der Waals surface area contributed by atoms with Crippen LogP contribution >= 0.6 is 11.8 Å². The van der Waals surface area contributed by atoms with Crippen LogP contribution in [-0.2, 0) is 20.6 Å². The van der Waals surface area contributed by atoms with Gasteiger partial charge in [0.05, 0.1) is 0 Å². The number of hydrogen-bond donors (Lipinski definition) is 0. The molecule has 1 saturated heterocycles. The molecule has 30 heavy (non-hydrogen) atoms. The van der Waals surface area contributed by atoms with E-state index in [0.717, 1.165) is 23.6 Å². The third-order valence-electron chi connectivity index (χ3n) is 5.57. The van der Waals surface area contributed by atoms with E-state index in [-0.39, 0.29) is 11.2 Å². The third-order valence-corrected chi connectivity index (χ3v) is 6.42. The van der Waals surface area contributed by atoms with E-state index < -0.39 is 0 Å². The van der Waals surface area contributed by atoms with E-state index in [1.165, 1.54) is 29.8 Å². The SMILES string of the molecule is C[C@@H]1C[C@@H](C)CN(c2nc3c(c(=O)n(C)c(=O)n3C)n2CCSc2ncccn2)C1. The van der Waals surface area contributed by atoms with Crippen molar-refractivity contribution in [1.82, 2.24) is 28.7 Å². The van der Waals surface area contributed by atoms with Gasteiger partial charge in [0.25, 0.3) is 5.56 Å². The first-order chi connectivity index (χ1) is 14.4. The van der Waals surface area contributed by atoms with E-state index in [2.05, 4.69) is 28.7 Å². The summed E-state index contributed by atoms with van der Waals surface area (Å²) in [5.41, 5.74) is 0.224. The smallest absolute Gasteiger partial charge is 0.332 e. The second-order valence-corrected chi connectivity index (χ2v) is 9.23. The Hall–Kier alpha value is -2.62. The molecule has 1 aliphatic rings. The molecular formula is C20H27N7O2S. The van der Waals surface area contributed by atoms with Crippen LogP contribution in [0.4, 0.5) is 5.95 Å². The number of thioether (sulfide) groups is 1. The summed E-state index contributed by atoms with van der Waals surface area (Å²) in [5, 5.41) is 0.698. The maximum absolute atomic E-state index is 13.0. The summed E-state index contributed by atoms with van der Waals surface area (Å²) in [6.45, 7) is 6.83. The molecule has 0 unspecified atom stereocenters. The van der Waals surface area contributed by atoms with Crippen molar-refractivity contribution in [3.63, 3.8) is 0 Å². The van der Waals surface area contributed by atoms with Crippen LogP contribution in [0.25, 0.3) is 11.2 Å². The number of aryl methyl sites for hydroxylation is 2. The standard InChI is InChI=1S/C20H27N7O2S/c1-13-10-14(2)12-26(11-13)19-23-16-15(17(28)25(4)20(29)24(16)3)27(19)8-9-30-18-21-6-5-7-22-18/h5-7,13-14H,8-12H2,1-4H3/t13-,14-/m1/s1. The fourth-order valence-corrected chi connectivity index (χ4v) is 5.03.